The van der Waals surface area contributed by atoms with Crippen molar-refractivity contribution < 1.29 is 4.74 Å². The molecule has 1 aromatic rings. The third-order valence-electron chi connectivity index (χ3n) is 2.47. The third kappa shape index (κ3) is 3.22. The van der Waals surface area contributed by atoms with Crippen LogP contribution in [-0.2, 0) is 0 Å². The summed E-state index contributed by atoms with van der Waals surface area (Å²) in [6.45, 7) is 7.12. The van der Waals surface area contributed by atoms with E-state index in [1.54, 1.807) is 0 Å². The van der Waals surface area contributed by atoms with Crippen LogP contribution in [-0.4, -0.2) is 6.61 Å². The van der Waals surface area contributed by atoms with Crippen molar-refractivity contribution in [2.24, 2.45) is 0 Å². The van der Waals surface area contributed by atoms with E-state index in [4.69, 9.17) is 4.74 Å². The Balaban J connectivity index is 3.20. The Hall–Kier alpha value is -0.0200. The van der Waals surface area contributed by atoms with Crippen LogP contribution in [0.15, 0.2) is 21.1 Å². The number of rotatable bonds is 4. The van der Waals surface area contributed by atoms with Gasteiger partial charge < -0.3 is 4.74 Å². The van der Waals surface area contributed by atoms with E-state index < -0.39 is 0 Å². The lowest BCUT2D eigenvalue weighted by molar-refractivity contribution is 0.332. The number of hydrogen-bond acceptors (Lipinski definition) is 1. The average Bonchev–Trinajstić information content (AvgIpc) is 2.20. The molecular formula is C12H16Br2O. The van der Waals surface area contributed by atoms with E-state index in [2.05, 4.69) is 51.8 Å². The van der Waals surface area contributed by atoms with Gasteiger partial charge in [0.2, 0.25) is 0 Å². The molecule has 0 fully saturated rings. The molecular weight excluding hydrogens is 320 g/mol. The molecule has 0 saturated carbocycles. The molecule has 0 spiro atoms. The number of ether oxygens (including phenoxy) is 1. The Morgan fingerprint density at radius 3 is 2.47 bits per heavy atom. The first-order chi connectivity index (χ1) is 7.10. The van der Waals surface area contributed by atoms with Crippen LogP contribution in [0.4, 0.5) is 0 Å². The van der Waals surface area contributed by atoms with Crippen molar-refractivity contribution in [1.82, 2.24) is 0 Å². The van der Waals surface area contributed by atoms with Crippen LogP contribution in [0.2, 0.25) is 0 Å². The van der Waals surface area contributed by atoms with E-state index in [0.717, 1.165) is 21.1 Å². The zero-order valence-corrected chi connectivity index (χ0v) is 12.5. The Bertz CT molecular complexity index is 337. The molecule has 84 valence electrons. The van der Waals surface area contributed by atoms with E-state index >= 15 is 0 Å². The van der Waals surface area contributed by atoms with Gasteiger partial charge in [-0.25, -0.2) is 0 Å². The predicted molar refractivity (Wildman–Crippen MR) is 71.7 cm³/mol. The molecule has 1 nitrogen and oxygen atoms in total. The molecule has 0 aliphatic rings. The molecule has 0 aliphatic carbocycles. The second-order valence-electron chi connectivity index (χ2n) is 3.55. The molecule has 15 heavy (non-hydrogen) atoms. The average molecular weight is 336 g/mol. The minimum Gasteiger partial charge on any atom is -0.492 e. The summed E-state index contributed by atoms with van der Waals surface area (Å²) < 4.78 is 7.79. The maximum Gasteiger partial charge on any atom is 0.136 e. The van der Waals surface area contributed by atoms with E-state index in [0.29, 0.717) is 12.5 Å². The van der Waals surface area contributed by atoms with Gasteiger partial charge in [0.25, 0.3) is 0 Å². The standard InChI is InChI=1S/C12H16Br2O/c1-4-8(3)10-6-9(13)7-11(14)12(10)15-5-2/h6-8H,4-5H2,1-3H3. The lowest BCUT2D eigenvalue weighted by Gasteiger charge is -2.17. The van der Waals surface area contributed by atoms with Crippen LogP contribution in [0.3, 0.4) is 0 Å². The quantitative estimate of drug-likeness (QED) is 0.741. The molecule has 1 atom stereocenters. The molecule has 3 heteroatoms. The van der Waals surface area contributed by atoms with Gasteiger partial charge in [-0.15, -0.1) is 0 Å². The van der Waals surface area contributed by atoms with Crippen LogP contribution in [0.5, 0.6) is 5.75 Å². The lowest BCUT2D eigenvalue weighted by Crippen LogP contribution is -2.00. The highest BCUT2D eigenvalue weighted by atomic mass is 79.9. The van der Waals surface area contributed by atoms with Gasteiger partial charge in [0.05, 0.1) is 11.1 Å². The predicted octanol–water partition coefficient (Wildman–Crippen LogP) is 5.12. The molecule has 0 aromatic heterocycles. The fourth-order valence-corrected chi connectivity index (χ4v) is 2.84. The Morgan fingerprint density at radius 1 is 1.27 bits per heavy atom. The van der Waals surface area contributed by atoms with Crippen molar-refractivity contribution >= 4 is 31.9 Å². The third-order valence-corrected chi connectivity index (χ3v) is 3.52. The topological polar surface area (TPSA) is 9.23 Å². The highest BCUT2D eigenvalue weighted by molar-refractivity contribution is 9.11. The zero-order chi connectivity index (χ0) is 11.4. The number of halogens is 2. The SMILES string of the molecule is CCOc1c(Br)cc(Br)cc1C(C)CC. The van der Waals surface area contributed by atoms with Crippen molar-refractivity contribution in [3.8, 4) is 5.75 Å². The van der Waals surface area contributed by atoms with Crippen LogP contribution in [0.1, 0.15) is 38.7 Å². The Kier molecular flexibility index (Phi) is 5.13. The molecule has 1 aromatic carbocycles. The fourth-order valence-electron chi connectivity index (χ4n) is 1.46. The zero-order valence-electron chi connectivity index (χ0n) is 9.31. The van der Waals surface area contributed by atoms with Gasteiger partial charge in [-0.3, -0.25) is 0 Å². The Labute approximate surface area is 108 Å². The molecule has 0 aliphatic heterocycles. The van der Waals surface area contributed by atoms with E-state index in [-0.39, 0.29) is 0 Å². The van der Waals surface area contributed by atoms with Crippen LogP contribution in [0, 0.1) is 0 Å². The van der Waals surface area contributed by atoms with Crippen molar-refractivity contribution in [3.05, 3.63) is 26.6 Å². The first-order valence-corrected chi connectivity index (χ1v) is 6.80. The smallest absolute Gasteiger partial charge is 0.136 e. The summed E-state index contributed by atoms with van der Waals surface area (Å²) in [5, 5.41) is 0. The summed E-state index contributed by atoms with van der Waals surface area (Å²) in [5.41, 5.74) is 1.26. The van der Waals surface area contributed by atoms with Gasteiger partial charge in [-0.1, -0.05) is 29.8 Å². The summed E-state index contributed by atoms with van der Waals surface area (Å²) in [6, 6.07) is 4.17. The van der Waals surface area contributed by atoms with Crippen molar-refractivity contribution in [1.29, 1.82) is 0 Å². The van der Waals surface area contributed by atoms with Gasteiger partial charge in [0.15, 0.2) is 0 Å². The second kappa shape index (κ2) is 5.90. The summed E-state index contributed by atoms with van der Waals surface area (Å²) in [4.78, 5) is 0. The fraction of sp³-hybridized carbons (Fsp3) is 0.500. The molecule has 0 N–H and O–H groups in total. The monoisotopic (exact) mass is 334 g/mol. The largest absolute Gasteiger partial charge is 0.492 e. The Morgan fingerprint density at radius 2 is 1.93 bits per heavy atom. The highest BCUT2D eigenvalue weighted by Gasteiger charge is 2.14. The number of hydrogen-bond donors (Lipinski definition) is 0. The summed E-state index contributed by atoms with van der Waals surface area (Å²) in [5.74, 6) is 1.50. The molecule has 0 heterocycles. The molecule has 0 amide bonds. The van der Waals surface area contributed by atoms with Gasteiger partial charge >= 0.3 is 0 Å². The maximum absolute atomic E-state index is 5.68. The van der Waals surface area contributed by atoms with Crippen LogP contribution in [0.25, 0.3) is 0 Å². The number of benzene rings is 1. The first-order valence-electron chi connectivity index (χ1n) is 5.21. The lowest BCUT2D eigenvalue weighted by atomic mass is 9.98. The van der Waals surface area contributed by atoms with Crippen molar-refractivity contribution in [3.63, 3.8) is 0 Å². The van der Waals surface area contributed by atoms with E-state index in [1.165, 1.54) is 5.56 Å². The molecule has 1 rings (SSSR count). The van der Waals surface area contributed by atoms with Gasteiger partial charge in [-0.2, -0.15) is 0 Å². The maximum atomic E-state index is 5.68. The molecule has 0 bridgehead atoms. The minimum atomic E-state index is 0.514. The van der Waals surface area contributed by atoms with E-state index in [9.17, 15) is 0 Å². The van der Waals surface area contributed by atoms with Gasteiger partial charge in [-0.05, 0) is 52.9 Å². The first kappa shape index (κ1) is 13.0. The van der Waals surface area contributed by atoms with E-state index in [1.807, 2.05) is 13.0 Å². The van der Waals surface area contributed by atoms with Gasteiger partial charge in [0, 0.05) is 4.47 Å². The molecule has 0 radical (unpaired) electrons. The second-order valence-corrected chi connectivity index (χ2v) is 5.32. The van der Waals surface area contributed by atoms with Crippen molar-refractivity contribution in [2.45, 2.75) is 33.1 Å². The summed E-state index contributed by atoms with van der Waals surface area (Å²) in [6.07, 6.45) is 1.11. The van der Waals surface area contributed by atoms with Crippen LogP contribution < -0.4 is 4.74 Å². The minimum absolute atomic E-state index is 0.514. The summed E-state index contributed by atoms with van der Waals surface area (Å²) >= 11 is 7.05. The summed E-state index contributed by atoms with van der Waals surface area (Å²) in [7, 11) is 0. The molecule has 0 saturated heterocycles. The highest BCUT2D eigenvalue weighted by Crippen LogP contribution is 2.37. The normalized spacial score (nSPS) is 12.6. The van der Waals surface area contributed by atoms with Crippen molar-refractivity contribution in [2.75, 3.05) is 6.61 Å². The molecule has 1 unspecified atom stereocenters. The van der Waals surface area contributed by atoms with Gasteiger partial charge in [0.1, 0.15) is 5.75 Å². The van der Waals surface area contributed by atoms with Crippen LogP contribution >= 0.6 is 31.9 Å².